The van der Waals surface area contributed by atoms with Crippen molar-refractivity contribution in [3.8, 4) is 11.6 Å². The minimum absolute atomic E-state index is 0.216. The molecule has 5 nitrogen and oxygen atoms in total. The summed E-state index contributed by atoms with van der Waals surface area (Å²) in [5, 5.41) is 0. The zero-order chi connectivity index (χ0) is 23.0. The van der Waals surface area contributed by atoms with Crippen molar-refractivity contribution in [2.75, 3.05) is 13.9 Å². The highest BCUT2D eigenvalue weighted by Crippen LogP contribution is 2.32. The number of hydrogen-bond donors (Lipinski definition) is 0. The quantitative estimate of drug-likeness (QED) is 0.368. The predicted octanol–water partition coefficient (Wildman–Crippen LogP) is 6.20. The van der Waals surface area contributed by atoms with Crippen LogP contribution in [0.5, 0.6) is 11.6 Å². The van der Waals surface area contributed by atoms with Gasteiger partial charge in [0.15, 0.2) is 6.79 Å². The van der Waals surface area contributed by atoms with E-state index in [0.717, 1.165) is 46.8 Å². The maximum Gasteiger partial charge on any atom is 0.214 e. The van der Waals surface area contributed by atoms with Gasteiger partial charge in [0.2, 0.25) is 5.88 Å². The van der Waals surface area contributed by atoms with Gasteiger partial charge in [-0.3, -0.25) is 0 Å². The molecule has 0 N–H and O–H groups in total. The van der Waals surface area contributed by atoms with Crippen LogP contribution in [0, 0.1) is 13.8 Å². The number of hydrogen-bond acceptors (Lipinski definition) is 5. The highest BCUT2D eigenvalue weighted by atomic mass is 16.7. The van der Waals surface area contributed by atoms with E-state index in [1.165, 1.54) is 24.0 Å². The predicted molar refractivity (Wildman–Crippen MR) is 130 cm³/mol. The van der Waals surface area contributed by atoms with Crippen molar-refractivity contribution in [2.24, 2.45) is 0 Å². The first kappa shape index (κ1) is 23.0. The molecule has 0 atom stereocenters. The first-order chi connectivity index (χ1) is 16.1. The summed E-state index contributed by atoms with van der Waals surface area (Å²) in [5.74, 6) is 1.44. The summed E-state index contributed by atoms with van der Waals surface area (Å²) >= 11 is 0. The number of aryl methyl sites for hydroxylation is 2. The van der Waals surface area contributed by atoms with Crippen molar-refractivity contribution in [2.45, 2.75) is 52.6 Å². The summed E-state index contributed by atoms with van der Waals surface area (Å²) in [6.45, 7) is 4.88. The summed E-state index contributed by atoms with van der Waals surface area (Å²) < 4.78 is 16.9. The Bertz CT molecular complexity index is 1090. The normalized spacial score (nSPS) is 13.5. The molecule has 4 rings (SSSR count). The van der Waals surface area contributed by atoms with Crippen LogP contribution in [0.25, 0.3) is 5.57 Å². The lowest BCUT2D eigenvalue weighted by Gasteiger charge is -2.18. The van der Waals surface area contributed by atoms with Gasteiger partial charge in [-0.15, -0.1) is 0 Å². The molecule has 33 heavy (non-hydrogen) atoms. The van der Waals surface area contributed by atoms with E-state index >= 15 is 0 Å². The van der Waals surface area contributed by atoms with E-state index in [4.69, 9.17) is 24.2 Å². The second-order valence-electron chi connectivity index (χ2n) is 8.47. The molecular weight excluding hydrogens is 412 g/mol. The molecule has 0 saturated carbocycles. The van der Waals surface area contributed by atoms with Gasteiger partial charge in [0.05, 0.1) is 0 Å². The van der Waals surface area contributed by atoms with Gasteiger partial charge >= 0.3 is 0 Å². The molecule has 0 spiro atoms. The topological polar surface area (TPSA) is 53.5 Å². The minimum Gasteiger partial charge on any atom is -0.473 e. The average molecular weight is 445 g/mol. The van der Waals surface area contributed by atoms with Crippen molar-refractivity contribution in [3.05, 3.63) is 88.4 Å². The summed E-state index contributed by atoms with van der Waals surface area (Å²) in [4.78, 5) is 9.73. The Balaban J connectivity index is 1.54. The molecule has 0 amide bonds. The third-order valence-corrected chi connectivity index (χ3v) is 5.96. The third-order valence-electron chi connectivity index (χ3n) is 5.96. The van der Waals surface area contributed by atoms with Crippen molar-refractivity contribution in [1.29, 1.82) is 0 Å². The number of allylic oxidation sites excluding steroid dienone is 2. The Morgan fingerprint density at radius 1 is 0.939 bits per heavy atom. The van der Waals surface area contributed by atoms with E-state index < -0.39 is 0 Å². The van der Waals surface area contributed by atoms with E-state index in [1.54, 1.807) is 7.11 Å². The molecule has 3 aromatic rings. The average Bonchev–Trinajstić information content (AvgIpc) is 2.85. The van der Waals surface area contributed by atoms with Gasteiger partial charge in [-0.05, 0) is 73.9 Å². The van der Waals surface area contributed by atoms with Crippen molar-refractivity contribution in [1.82, 2.24) is 9.97 Å². The van der Waals surface area contributed by atoms with E-state index in [9.17, 15) is 0 Å². The van der Waals surface area contributed by atoms with E-state index in [2.05, 4.69) is 25.1 Å². The number of pyridine rings is 2. The zero-order valence-electron chi connectivity index (χ0n) is 19.8. The second-order valence-corrected chi connectivity index (χ2v) is 8.47. The van der Waals surface area contributed by atoms with E-state index in [1.807, 2.05) is 43.3 Å². The lowest BCUT2D eigenvalue weighted by atomic mass is 9.95. The highest BCUT2D eigenvalue weighted by molar-refractivity contribution is 5.68. The Morgan fingerprint density at radius 2 is 1.79 bits per heavy atom. The van der Waals surface area contributed by atoms with Crippen molar-refractivity contribution >= 4 is 5.57 Å². The van der Waals surface area contributed by atoms with Crippen LogP contribution in [0.3, 0.4) is 0 Å². The lowest BCUT2D eigenvalue weighted by molar-refractivity contribution is 0.0506. The summed E-state index contributed by atoms with van der Waals surface area (Å²) in [6.07, 6.45) is 7.57. The summed E-state index contributed by atoms with van der Waals surface area (Å²) in [7, 11) is 1.63. The summed E-state index contributed by atoms with van der Waals surface area (Å²) in [5.41, 5.74) is 7.66. The Kier molecular flexibility index (Phi) is 7.74. The largest absolute Gasteiger partial charge is 0.473 e. The van der Waals surface area contributed by atoms with Crippen LogP contribution in [-0.2, 0) is 17.8 Å². The molecule has 2 heterocycles. The van der Waals surface area contributed by atoms with Gasteiger partial charge in [0, 0.05) is 31.0 Å². The van der Waals surface area contributed by atoms with Gasteiger partial charge < -0.3 is 14.2 Å². The smallest absolute Gasteiger partial charge is 0.214 e. The lowest BCUT2D eigenvalue weighted by Crippen LogP contribution is -2.07. The molecule has 1 aliphatic rings. The monoisotopic (exact) mass is 444 g/mol. The van der Waals surface area contributed by atoms with Crippen LogP contribution in [0.15, 0.2) is 54.6 Å². The fourth-order valence-corrected chi connectivity index (χ4v) is 4.18. The fraction of sp³-hybridized carbons (Fsp3) is 0.357. The van der Waals surface area contributed by atoms with Crippen LogP contribution >= 0.6 is 0 Å². The number of aromatic nitrogens is 2. The number of rotatable bonds is 9. The van der Waals surface area contributed by atoms with Crippen molar-refractivity contribution in [3.63, 3.8) is 0 Å². The molecule has 0 saturated heterocycles. The van der Waals surface area contributed by atoms with Crippen LogP contribution in [0.1, 0.15) is 59.5 Å². The number of methoxy groups -OCH3 is 1. The molecule has 0 fully saturated rings. The molecule has 2 aromatic heterocycles. The first-order valence-electron chi connectivity index (χ1n) is 11.6. The van der Waals surface area contributed by atoms with Crippen LogP contribution in [0.2, 0.25) is 0 Å². The van der Waals surface area contributed by atoms with Gasteiger partial charge in [0.1, 0.15) is 18.1 Å². The SMILES string of the molecule is COCOc1ccc(Cc2c(C)cc(OCc3ccccc3)nc2C)nc1C1=CCCCC1. The van der Waals surface area contributed by atoms with Crippen LogP contribution < -0.4 is 9.47 Å². The molecule has 172 valence electrons. The Morgan fingerprint density at radius 3 is 2.52 bits per heavy atom. The van der Waals surface area contributed by atoms with Gasteiger partial charge in [-0.1, -0.05) is 36.4 Å². The summed E-state index contributed by atoms with van der Waals surface area (Å²) in [6, 6.07) is 16.2. The molecule has 1 aliphatic carbocycles. The maximum absolute atomic E-state index is 5.95. The molecule has 0 aliphatic heterocycles. The Hall–Kier alpha value is -3.18. The van der Waals surface area contributed by atoms with Gasteiger partial charge in [-0.2, -0.15) is 0 Å². The molecule has 5 heteroatoms. The van der Waals surface area contributed by atoms with Gasteiger partial charge in [0.25, 0.3) is 0 Å². The number of benzene rings is 1. The zero-order valence-corrected chi connectivity index (χ0v) is 19.8. The third kappa shape index (κ3) is 5.99. The standard InChI is InChI=1S/C28H32N2O3/c1-20-16-27(32-18-22-10-6-4-7-11-22)29-21(2)25(20)17-24-14-15-26(33-19-31-3)28(30-24)23-12-8-5-9-13-23/h4,6-7,10-12,14-16H,5,8-9,13,17-19H2,1-3H3. The molecule has 0 unspecified atom stereocenters. The molecular formula is C28H32N2O3. The van der Waals surface area contributed by atoms with Crippen LogP contribution in [-0.4, -0.2) is 23.9 Å². The number of ether oxygens (including phenoxy) is 3. The van der Waals surface area contributed by atoms with Gasteiger partial charge in [-0.25, -0.2) is 9.97 Å². The second kappa shape index (κ2) is 11.1. The van der Waals surface area contributed by atoms with E-state index in [0.29, 0.717) is 18.9 Å². The fourth-order valence-electron chi connectivity index (χ4n) is 4.18. The molecule has 0 radical (unpaired) electrons. The van der Waals surface area contributed by atoms with Crippen LogP contribution in [0.4, 0.5) is 0 Å². The molecule has 0 bridgehead atoms. The Labute approximate surface area is 196 Å². The van der Waals surface area contributed by atoms with Crippen molar-refractivity contribution < 1.29 is 14.2 Å². The first-order valence-corrected chi connectivity index (χ1v) is 11.6. The number of nitrogens with zero attached hydrogens (tertiary/aromatic N) is 2. The van der Waals surface area contributed by atoms with E-state index in [-0.39, 0.29) is 6.79 Å². The minimum atomic E-state index is 0.216. The molecule has 1 aromatic carbocycles. The maximum atomic E-state index is 5.95. The highest BCUT2D eigenvalue weighted by Gasteiger charge is 2.16.